The Morgan fingerprint density at radius 3 is 2.96 bits per heavy atom. The molecule has 0 saturated carbocycles. The van der Waals surface area contributed by atoms with Gasteiger partial charge in [-0.25, -0.2) is 23.9 Å². The molecule has 1 aliphatic heterocycles. The minimum Gasteiger partial charge on any atom is -0.385 e. The number of rotatable bonds is 4. The third kappa shape index (κ3) is 3.18. The highest BCUT2D eigenvalue weighted by molar-refractivity contribution is 8.44. The predicted molar refractivity (Wildman–Crippen MR) is 79.3 cm³/mol. The number of ether oxygens (including phenoxy) is 1. The van der Waals surface area contributed by atoms with E-state index >= 15 is 0 Å². The van der Waals surface area contributed by atoms with Crippen LogP contribution in [0.3, 0.4) is 0 Å². The first-order valence-electron chi connectivity index (χ1n) is 6.38. The first-order chi connectivity index (χ1) is 10.8. The number of nitrogen functional groups attached to an aromatic ring is 1. The maximum Gasteiger partial charge on any atom is 0.383 e. The first-order valence-corrected chi connectivity index (χ1v) is 9.11. The van der Waals surface area contributed by atoms with Crippen LogP contribution in [0.5, 0.6) is 0 Å². The van der Waals surface area contributed by atoms with Crippen molar-refractivity contribution in [1.29, 1.82) is 0 Å². The number of hydrogen-bond acceptors (Lipinski definition) is 8. The third-order valence-corrected chi connectivity index (χ3v) is 4.19. The van der Waals surface area contributed by atoms with E-state index < -0.39 is 38.0 Å². The van der Waals surface area contributed by atoms with E-state index in [9.17, 15) is 14.1 Å². The Labute approximate surface area is 134 Å². The summed E-state index contributed by atoms with van der Waals surface area (Å²) in [6.45, 7) is -4.63. The van der Waals surface area contributed by atoms with Crippen LogP contribution in [0, 0.1) is 0 Å². The Balaban J connectivity index is 1.85. The Hall–Kier alpha value is -1.30. The Morgan fingerprint density at radius 1 is 1.52 bits per heavy atom. The van der Waals surface area contributed by atoms with E-state index in [1.54, 1.807) is 0 Å². The number of anilines is 1. The van der Waals surface area contributed by atoms with E-state index in [4.69, 9.17) is 15.4 Å². The molecule has 0 bridgehead atoms. The van der Waals surface area contributed by atoms with Crippen molar-refractivity contribution in [2.45, 2.75) is 24.6 Å². The summed E-state index contributed by atoms with van der Waals surface area (Å²) in [4.78, 5) is 20.7. The quantitative estimate of drug-likeness (QED) is 0.436. The molecule has 0 radical (unpaired) electrons. The van der Waals surface area contributed by atoms with Gasteiger partial charge in [0.15, 0.2) is 23.9 Å². The van der Waals surface area contributed by atoms with Crippen LogP contribution in [0.2, 0.25) is 0 Å². The van der Waals surface area contributed by atoms with Crippen molar-refractivity contribution < 1.29 is 28.2 Å². The predicted octanol–water partition coefficient (Wildman–Crippen LogP) is 0.0517. The second kappa shape index (κ2) is 5.96. The summed E-state index contributed by atoms with van der Waals surface area (Å²) in [6.07, 6.45) is -3.29. The highest BCUT2D eigenvalue weighted by Gasteiger charge is 2.46. The second-order valence-electron chi connectivity index (χ2n) is 4.87. The molecule has 23 heavy (non-hydrogen) atoms. The standard InChI is InChI=1S/C10H13FN5O5PS/c11-5-4(1-20-22(18,19)23)21-10(7(5)17)16-3-15-6-8(12)13-2-14-9(6)16/h2-5,7,10,17H,1H2,(H2,12,13,14)(H2,18,19,23)/t4-,5?,7?,10-/m1/s1. The normalized spacial score (nSPS) is 30.6. The van der Waals surface area contributed by atoms with Crippen LogP contribution >= 0.6 is 19.0 Å². The molecule has 0 aromatic carbocycles. The maximum absolute atomic E-state index is 14.1. The molecule has 10 nitrogen and oxygen atoms in total. The number of halogens is 1. The summed E-state index contributed by atoms with van der Waals surface area (Å²) < 4.78 is 36.4. The smallest absolute Gasteiger partial charge is 0.383 e. The lowest BCUT2D eigenvalue weighted by molar-refractivity contribution is -0.0467. The van der Waals surface area contributed by atoms with Gasteiger partial charge in [0.2, 0.25) is 0 Å². The van der Waals surface area contributed by atoms with E-state index in [2.05, 4.69) is 31.7 Å². The van der Waals surface area contributed by atoms with Gasteiger partial charge in [0.1, 0.15) is 24.1 Å². The molecule has 3 heterocycles. The molecule has 1 aliphatic rings. The zero-order valence-electron chi connectivity index (χ0n) is 11.4. The number of thiol groups is 1. The van der Waals surface area contributed by atoms with Crippen molar-refractivity contribution in [2.75, 3.05) is 12.3 Å². The zero-order chi connectivity index (χ0) is 16.8. The molecule has 2 aromatic heterocycles. The number of imidazole rings is 1. The maximum atomic E-state index is 14.1. The van der Waals surface area contributed by atoms with Gasteiger partial charge < -0.3 is 20.5 Å². The molecule has 13 heteroatoms. The topological polar surface area (TPSA) is 146 Å². The van der Waals surface area contributed by atoms with Gasteiger partial charge in [0, 0.05) is 0 Å². The number of aliphatic hydroxyl groups excluding tert-OH is 1. The molecule has 0 spiro atoms. The first kappa shape index (κ1) is 16.6. The molecule has 3 rings (SSSR count). The van der Waals surface area contributed by atoms with Crippen LogP contribution in [-0.4, -0.2) is 54.5 Å². The molecule has 2 aromatic rings. The van der Waals surface area contributed by atoms with Gasteiger partial charge in [0.05, 0.1) is 12.9 Å². The van der Waals surface area contributed by atoms with Gasteiger partial charge >= 0.3 is 6.80 Å². The molecule has 1 fully saturated rings. The largest absolute Gasteiger partial charge is 0.385 e. The van der Waals surface area contributed by atoms with Crippen LogP contribution in [0.15, 0.2) is 12.7 Å². The Bertz CT molecular complexity index is 771. The number of aliphatic hydroxyl groups is 1. The molecule has 0 aliphatic carbocycles. The van der Waals surface area contributed by atoms with Crippen LogP contribution in [0.25, 0.3) is 11.2 Å². The Kier molecular flexibility index (Phi) is 4.29. The molecule has 3 unspecified atom stereocenters. The third-order valence-electron chi connectivity index (χ3n) is 3.36. The Morgan fingerprint density at radius 2 is 2.26 bits per heavy atom. The summed E-state index contributed by atoms with van der Waals surface area (Å²) in [5.41, 5.74) is 6.21. The van der Waals surface area contributed by atoms with E-state index in [1.165, 1.54) is 17.2 Å². The molecule has 126 valence electrons. The average Bonchev–Trinajstić information content (AvgIpc) is 3.01. The fourth-order valence-corrected chi connectivity index (χ4v) is 2.84. The van der Waals surface area contributed by atoms with Crippen molar-refractivity contribution in [2.24, 2.45) is 0 Å². The van der Waals surface area contributed by atoms with Crippen LogP contribution in [-0.2, 0) is 13.8 Å². The van der Waals surface area contributed by atoms with Crippen molar-refractivity contribution in [3.63, 3.8) is 0 Å². The highest BCUT2D eigenvalue weighted by atomic mass is 32.7. The number of hydrogen-bond donors (Lipinski definition) is 4. The van der Waals surface area contributed by atoms with Crippen molar-refractivity contribution in [3.05, 3.63) is 12.7 Å². The lowest BCUT2D eigenvalue weighted by Gasteiger charge is -2.16. The van der Waals surface area contributed by atoms with Crippen LogP contribution in [0.1, 0.15) is 6.23 Å². The van der Waals surface area contributed by atoms with Gasteiger partial charge in [-0.1, -0.05) is 12.2 Å². The van der Waals surface area contributed by atoms with E-state index in [-0.39, 0.29) is 17.0 Å². The molecule has 4 N–H and O–H groups in total. The van der Waals surface area contributed by atoms with Gasteiger partial charge in [-0.15, -0.1) is 0 Å². The minimum atomic E-state index is -4.08. The van der Waals surface area contributed by atoms with Crippen LogP contribution in [0.4, 0.5) is 10.2 Å². The van der Waals surface area contributed by atoms with Gasteiger partial charge in [-0.3, -0.25) is 9.09 Å². The average molecular weight is 365 g/mol. The van der Waals surface area contributed by atoms with Gasteiger partial charge in [-0.2, -0.15) is 0 Å². The van der Waals surface area contributed by atoms with Gasteiger partial charge in [0.25, 0.3) is 0 Å². The number of alkyl halides is 1. The minimum absolute atomic E-state index is 0.134. The molecule has 0 amide bonds. The van der Waals surface area contributed by atoms with Crippen molar-refractivity contribution in [1.82, 2.24) is 19.5 Å². The summed E-state index contributed by atoms with van der Waals surface area (Å²) in [5.74, 6) is 0.134. The summed E-state index contributed by atoms with van der Waals surface area (Å²) in [5, 5.41) is 10.0. The number of nitrogens with zero attached hydrogens (tertiary/aromatic N) is 4. The molecular formula is C10H13FN5O5PS. The fraction of sp³-hybridized carbons (Fsp3) is 0.500. The lowest BCUT2D eigenvalue weighted by atomic mass is 10.1. The number of nitrogens with two attached hydrogens (primary N) is 1. The van der Waals surface area contributed by atoms with Crippen molar-refractivity contribution >= 4 is 36.0 Å². The van der Waals surface area contributed by atoms with E-state index in [1.807, 2.05) is 0 Å². The SMILES string of the molecule is Nc1ncnc2c1ncn2[C@@H]1O[C@H](COP(=O)(O)S)C(F)C1O. The summed E-state index contributed by atoms with van der Waals surface area (Å²) >= 11 is 3.32. The molecule has 5 atom stereocenters. The van der Waals surface area contributed by atoms with Crippen molar-refractivity contribution in [3.8, 4) is 0 Å². The van der Waals surface area contributed by atoms with Gasteiger partial charge in [-0.05, 0) is 0 Å². The van der Waals surface area contributed by atoms with E-state index in [0.717, 1.165) is 0 Å². The zero-order valence-corrected chi connectivity index (χ0v) is 13.2. The fourth-order valence-electron chi connectivity index (χ4n) is 2.30. The molecular weight excluding hydrogens is 352 g/mol. The summed E-state index contributed by atoms with van der Waals surface area (Å²) in [7, 11) is 0. The highest BCUT2D eigenvalue weighted by Crippen LogP contribution is 2.47. The number of fused-ring (bicyclic) bond motifs is 1. The summed E-state index contributed by atoms with van der Waals surface area (Å²) in [6, 6.07) is 0. The molecule has 1 saturated heterocycles. The van der Waals surface area contributed by atoms with E-state index in [0.29, 0.717) is 0 Å². The van der Waals surface area contributed by atoms with Crippen LogP contribution < -0.4 is 5.73 Å². The second-order valence-corrected chi connectivity index (χ2v) is 7.63. The monoisotopic (exact) mass is 365 g/mol. The lowest BCUT2D eigenvalue weighted by Crippen LogP contribution is -2.29. The number of aromatic nitrogens is 4.